The maximum absolute atomic E-state index is 12.8. The van der Waals surface area contributed by atoms with Gasteiger partial charge in [0.2, 0.25) is 5.91 Å². The molecule has 1 fully saturated rings. The average Bonchev–Trinajstić information content (AvgIpc) is 2.57. The molecule has 1 aliphatic heterocycles. The Hall–Kier alpha value is -1.90. The van der Waals surface area contributed by atoms with Crippen LogP contribution in [0, 0.1) is 5.92 Å². The predicted molar refractivity (Wildman–Crippen MR) is 108 cm³/mol. The van der Waals surface area contributed by atoms with Gasteiger partial charge in [-0.2, -0.15) is 0 Å². The zero-order valence-electron chi connectivity index (χ0n) is 12.6. The maximum atomic E-state index is 12.8. The van der Waals surface area contributed by atoms with Crippen molar-refractivity contribution in [3.8, 4) is 0 Å². The molecular formula is C17H11Br2N3O2S. The van der Waals surface area contributed by atoms with Crippen LogP contribution in [0.4, 0.5) is 11.4 Å². The number of nitrogens with one attached hydrogen (secondary N) is 1. The third-order valence-corrected chi connectivity index (χ3v) is 4.99. The van der Waals surface area contributed by atoms with Crippen LogP contribution in [-0.2, 0) is 9.59 Å². The number of carbonyl (C=O) groups is 2. The Morgan fingerprint density at radius 3 is 2.44 bits per heavy atom. The lowest BCUT2D eigenvalue weighted by Crippen LogP contribution is -2.58. The van der Waals surface area contributed by atoms with Crippen LogP contribution in [0.15, 0.2) is 62.5 Å². The second-order valence-electron chi connectivity index (χ2n) is 5.15. The molecule has 0 spiro atoms. The van der Waals surface area contributed by atoms with Gasteiger partial charge in [-0.25, -0.2) is 0 Å². The third-order valence-electron chi connectivity index (χ3n) is 3.50. The van der Waals surface area contributed by atoms with E-state index in [1.807, 2.05) is 18.2 Å². The van der Waals surface area contributed by atoms with Crippen LogP contribution in [0.25, 0.3) is 0 Å². The molecule has 2 aromatic rings. The van der Waals surface area contributed by atoms with Crippen LogP contribution in [0.2, 0.25) is 0 Å². The molecule has 0 unspecified atom stereocenters. The van der Waals surface area contributed by atoms with Crippen molar-refractivity contribution in [3.05, 3.63) is 57.5 Å². The summed E-state index contributed by atoms with van der Waals surface area (Å²) < 4.78 is 1.65. The minimum absolute atomic E-state index is 0.0582. The molecule has 8 heteroatoms. The van der Waals surface area contributed by atoms with Crippen LogP contribution in [0.5, 0.6) is 0 Å². The first-order valence-corrected chi connectivity index (χ1v) is 9.20. The maximum Gasteiger partial charge on any atom is 0.251 e. The Bertz CT molecular complexity index is 884. The molecule has 25 heavy (non-hydrogen) atoms. The first-order valence-electron chi connectivity index (χ1n) is 7.20. The number of benzene rings is 2. The van der Waals surface area contributed by atoms with E-state index in [1.54, 1.807) is 30.3 Å². The number of nitrogens with zero attached hydrogens (tertiary/aromatic N) is 2. The molecule has 3 rings (SSSR count). The van der Waals surface area contributed by atoms with Gasteiger partial charge in [0.1, 0.15) is 0 Å². The second-order valence-corrected chi connectivity index (χ2v) is 7.31. The van der Waals surface area contributed by atoms with Crippen LogP contribution in [-0.4, -0.2) is 23.1 Å². The Labute approximate surface area is 166 Å². The number of rotatable bonds is 3. The highest BCUT2D eigenvalue weighted by molar-refractivity contribution is 9.10. The van der Waals surface area contributed by atoms with Crippen molar-refractivity contribution < 1.29 is 9.59 Å². The molecule has 5 nitrogen and oxygen atoms in total. The molecular weight excluding hydrogens is 470 g/mol. The fourth-order valence-corrected chi connectivity index (χ4v) is 3.22. The largest absolute Gasteiger partial charge is 0.301 e. The standard InChI is InChI=1S/C17H11Br2N3O2S/c18-10-5-7-11(8-6-10)22-16(24)12(15(23)21-17(22)25)9-20-14-4-2-1-3-13(14)19/h1-9,12H,(H,21,23,25)/t12-/m1/s1. The van der Waals surface area contributed by atoms with E-state index in [1.165, 1.54) is 11.1 Å². The van der Waals surface area contributed by atoms with Gasteiger partial charge in [-0.15, -0.1) is 0 Å². The lowest BCUT2D eigenvalue weighted by atomic mass is 10.1. The Kier molecular flexibility index (Phi) is 5.41. The van der Waals surface area contributed by atoms with Crippen molar-refractivity contribution >= 4 is 78.6 Å². The van der Waals surface area contributed by atoms with Crippen molar-refractivity contribution in [1.82, 2.24) is 5.32 Å². The molecule has 0 saturated carbocycles. The summed E-state index contributed by atoms with van der Waals surface area (Å²) in [5.74, 6) is -1.98. The zero-order valence-corrected chi connectivity index (χ0v) is 16.6. The Morgan fingerprint density at radius 2 is 1.76 bits per heavy atom. The van der Waals surface area contributed by atoms with Gasteiger partial charge in [0.15, 0.2) is 11.0 Å². The highest BCUT2D eigenvalue weighted by Gasteiger charge is 2.38. The third kappa shape index (κ3) is 3.86. The number of anilines is 1. The van der Waals surface area contributed by atoms with Crippen molar-refractivity contribution in [2.75, 3.05) is 4.90 Å². The van der Waals surface area contributed by atoms with E-state index in [-0.39, 0.29) is 5.11 Å². The monoisotopic (exact) mass is 479 g/mol. The second kappa shape index (κ2) is 7.55. The summed E-state index contributed by atoms with van der Waals surface area (Å²) in [4.78, 5) is 30.6. The molecule has 1 saturated heterocycles. The average molecular weight is 481 g/mol. The lowest BCUT2D eigenvalue weighted by molar-refractivity contribution is -0.130. The minimum atomic E-state index is -1.05. The molecule has 0 aromatic heterocycles. The normalized spacial score (nSPS) is 17.9. The van der Waals surface area contributed by atoms with Crippen LogP contribution in [0.3, 0.4) is 0 Å². The Morgan fingerprint density at radius 1 is 1.08 bits per heavy atom. The van der Waals surface area contributed by atoms with Gasteiger partial charge in [0, 0.05) is 15.2 Å². The molecule has 1 atom stereocenters. The number of halogens is 2. The highest BCUT2D eigenvalue weighted by atomic mass is 79.9. The van der Waals surface area contributed by atoms with E-state index in [0.29, 0.717) is 11.4 Å². The summed E-state index contributed by atoms with van der Waals surface area (Å²) in [5.41, 5.74) is 1.21. The molecule has 0 bridgehead atoms. The molecule has 1 aliphatic rings. The van der Waals surface area contributed by atoms with Crippen molar-refractivity contribution in [3.63, 3.8) is 0 Å². The number of carbonyl (C=O) groups excluding carboxylic acids is 2. The van der Waals surface area contributed by atoms with Crippen molar-refractivity contribution in [1.29, 1.82) is 0 Å². The van der Waals surface area contributed by atoms with Gasteiger partial charge >= 0.3 is 0 Å². The summed E-state index contributed by atoms with van der Waals surface area (Å²) in [6.45, 7) is 0. The number of para-hydroxylation sites is 1. The number of hydrogen-bond acceptors (Lipinski definition) is 4. The van der Waals surface area contributed by atoms with Crippen LogP contribution < -0.4 is 10.2 Å². The van der Waals surface area contributed by atoms with Gasteiger partial charge in [-0.3, -0.25) is 19.5 Å². The van der Waals surface area contributed by atoms with E-state index in [4.69, 9.17) is 12.2 Å². The number of hydrogen-bond donors (Lipinski definition) is 1. The van der Waals surface area contributed by atoms with E-state index in [0.717, 1.165) is 8.95 Å². The molecule has 2 amide bonds. The predicted octanol–water partition coefficient (Wildman–Crippen LogP) is 3.98. The lowest BCUT2D eigenvalue weighted by Gasteiger charge is -2.30. The molecule has 0 aliphatic carbocycles. The zero-order chi connectivity index (χ0) is 18.0. The van der Waals surface area contributed by atoms with Crippen LogP contribution >= 0.6 is 44.1 Å². The number of thiocarbonyl (C=S) groups is 1. The number of aliphatic imine (C=N–C) groups is 1. The summed E-state index contributed by atoms with van der Waals surface area (Å²) in [7, 11) is 0. The summed E-state index contributed by atoms with van der Waals surface area (Å²) in [5, 5.41) is 2.61. The molecule has 0 radical (unpaired) electrons. The molecule has 2 aromatic carbocycles. The van der Waals surface area contributed by atoms with Crippen LogP contribution in [0.1, 0.15) is 0 Å². The smallest absolute Gasteiger partial charge is 0.251 e. The Balaban J connectivity index is 1.90. The quantitative estimate of drug-likeness (QED) is 0.410. The molecule has 1 heterocycles. The van der Waals surface area contributed by atoms with Gasteiger partial charge in [-0.05, 0) is 64.5 Å². The number of amides is 2. The van der Waals surface area contributed by atoms with Gasteiger partial charge in [0.05, 0.1) is 11.4 Å². The molecule has 126 valence electrons. The van der Waals surface area contributed by atoms with E-state index in [9.17, 15) is 9.59 Å². The summed E-state index contributed by atoms with van der Waals surface area (Å²) >= 11 is 11.9. The minimum Gasteiger partial charge on any atom is -0.301 e. The van der Waals surface area contributed by atoms with Crippen molar-refractivity contribution in [2.45, 2.75) is 0 Å². The summed E-state index contributed by atoms with van der Waals surface area (Å²) in [6, 6.07) is 14.4. The highest BCUT2D eigenvalue weighted by Crippen LogP contribution is 2.26. The fraction of sp³-hybridized carbons (Fsp3) is 0.0588. The van der Waals surface area contributed by atoms with E-state index in [2.05, 4.69) is 42.2 Å². The first-order chi connectivity index (χ1) is 12.0. The van der Waals surface area contributed by atoms with Gasteiger partial charge in [0.25, 0.3) is 5.91 Å². The first kappa shape index (κ1) is 17.9. The SMILES string of the molecule is O=C1NC(=S)N(c2ccc(Br)cc2)C(=O)[C@@H]1C=Nc1ccccc1Br. The topological polar surface area (TPSA) is 61.8 Å². The van der Waals surface area contributed by atoms with Gasteiger partial charge in [-0.1, -0.05) is 28.1 Å². The van der Waals surface area contributed by atoms with E-state index < -0.39 is 17.7 Å². The summed E-state index contributed by atoms with van der Waals surface area (Å²) in [6.07, 6.45) is 1.34. The van der Waals surface area contributed by atoms with Crippen molar-refractivity contribution in [2.24, 2.45) is 10.9 Å². The van der Waals surface area contributed by atoms with Gasteiger partial charge < -0.3 is 5.32 Å². The molecule has 1 N–H and O–H groups in total. The van der Waals surface area contributed by atoms with E-state index >= 15 is 0 Å². The fourth-order valence-electron chi connectivity index (χ4n) is 2.27.